The van der Waals surface area contributed by atoms with E-state index >= 15 is 0 Å². The van der Waals surface area contributed by atoms with Gasteiger partial charge >= 0.3 is 0 Å². The van der Waals surface area contributed by atoms with E-state index in [2.05, 4.69) is 44.3 Å². The number of aromatic nitrogens is 3. The van der Waals surface area contributed by atoms with Crippen LogP contribution in [0.2, 0.25) is 0 Å². The maximum atomic E-state index is 12.9. The third-order valence-electron chi connectivity index (χ3n) is 4.89. The number of rotatable bonds is 4. The first kappa shape index (κ1) is 20.0. The van der Waals surface area contributed by atoms with Crippen molar-refractivity contribution in [3.63, 3.8) is 0 Å². The highest BCUT2D eigenvalue weighted by Crippen LogP contribution is 2.25. The van der Waals surface area contributed by atoms with Crippen LogP contribution < -0.4 is 5.32 Å². The second kappa shape index (κ2) is 8.24. The molecule has 0 spiro atoms. The zero-order chi connectivity index (χ0) is 21.3. The number of halogens is 1. The number of nitrogens with one attached hydrogen (secondary N) is 1. The van der Waals surface area contributed by atoms with Gasteiger partial charge in [-0.2, -0.15) is 0 Å². The zero-order valence-electron chi connectivity index (χ0n) is 17.0. The van der Waals surface area contributed by atoms with Crippen LogP contribution in [0.25, 0.3) is 17.1 Å². The van der Waals surface area contributed by atoms with Crippen molar-refractivity contribution in [2.75, 3.05) is 5.32 Å². The predicted octanol–water partition coefficient (Wildman–Crippen LogP) is 5.87. The minimum absolute atomic E-state index is 0.121. The largest absolute Gasteiger partial charge is 0.319 e. The number of nitrogens with zero attached hydrogens (tertiary/aromatic N) is 3. The van der Waals surface area contributed by atoms with Crippen LogP contribution in [0.4, 0.5) is 5.69 Å². The molecule has 1 aromatic heterocycles. The normalized spacial score (nSPS) is 10.8. The first-order valence-electron chi connectivity index (χ1n) is 9.60. The molecule has 30 heavy (non-hydrogen) atoms. The van der Waals surface area contributed by atoms with Gasteiger partial charge < -0.3 is 5.32 Å². The Morgan fingerprint density at radius 2 is 1.67 bits per heavy atom. The summed E-state index contributed by atoms with van der Waals surface area (Å²) >= 11 is 3.47. The summed E-state index contributed by atoms with van der Waals surface area (Å²) in [5.41, 5.74) is 5.72. The van der Waals surface area contributed by atoms with E-state index in [1.54, 1.807) is 4.68 Å². The van der Waals surface area contributed by atoms with Crippen molar-refractivity contribution in [2.24, 2.45) is 0 Å². The fourth-order valence-corrected chi connectivity index (χ4v) is 3.56. The first-order chi connectivity index (χ1) is 14.4. The molecule has 1 N–H and O–H groups in total. The smallest absolute Gasteiger partial charge is 0.295 e. The van der Waals surface area contributed by atoms with Crippen LogP contribution in [-0.4, -0.2) is 20.7 Å². The first-order valence-corrected chi connectivity index (χ1v) is 10.4. The Hall–Kier alpha value is -3.25. The maximum absolute atomic E-state index is 12.9. The van der Waals surface area contributed by atoms with Crippen LogP contribution in [0, 0.1) is 20.8 Å². The Kier molecular flexibility index (Phi) is 5.50. The molecule has 4 rings (SSSR count). The summed E-state index contributed by atoms with van der Waals surface area (Å²) in [7, 11) is 0. The number of aryl methyl sites for hydroxylation is 3. The maximum Gasteiger partial charge on any atom is 0.295 e. The highest BCUT2D eigenvalue weighted by atomic mass is 79.9. The van der Waals surface area contributed by atoms with Crippen molar-refractivity contribution in [1.82, 2.24) is 14.8 Å². The van der Waals surface area contributed by atoms with E-state index in [4.69, 9.17) is 0 Å². The number of hydrogen-bond acceptors (Lipinski definition) is 3. The number of amides is 1. The van der Waals surface area contributed by atoms with Crippen molar-refractivity contribution in [3.8, 4) is 17.1 Å². The molecule has 0 unspecified atom stereocenters. The molecule has 4 aromatic rings. The molecule has 0 aliphatic heterocycles. The zero-order valence-corrected chi connectivity index (χ0v) is 18.6. The third-order valence-corrected chi connectivity index (χ3v) is 5.42. The number of hydrogen-bond donors (Lipinski definition) is 1. The average molecular weight is 461 g/mol. The van der Waals surface area contributed by atoms with Crippen molar-refractivity contribution in [2.45, 2.75) is 20.8 Å². The standard InChI is InChI=1S/C24H21BrN4O/c1-15-8-13-21(17(3)14-15)29-23(18-9-11-19(25)12-10-18)27-22(28-29)24(30)26-20-7-5-4-6-16(20)2/h4-14H,1-3H3,(H,26,30). The molecule has 0 aliphatic carbocycles. The molecule has 1 heterocycles. The van der Waals surface area contributed by atoms with Crippen molar-refractivity contribution in [3.05, 3.63) is 93.7 Å². The van der Waals surface area contributed by atoms with Gasteiger partial charge in [0, 0.05) is 15.7 Å². The second-order valence-electron chi connectivity index (χ2n) is 7.24. The van der Waals surface area contributed by atoms with Gasteiger partial charge in [-0.3, -0.25) is 4.79 Å². The van der Waals surface area contributed by atoms with E-state index in [9.17, 15) is 4.79 Å². The van der Waals surface area contributed by atoms with E-state index in [1.165, 1.54) is 5.56 Å². The average Bonchev–Trinajstić information content (AvgIpc) is 3.15. The van der Waals surface area contributed by atoms with Gasteiger partial charge in [0.2, 0.25) is 5.82 Å². The Bertz CT molecular complexity index is 1230. The van der Waals surface area contributed by atoms with Crippen LogP contribution in [0.1, 0.15) is 27.3 Å². The van der Waals surface area contributed by atoms with Gasteiger partial charge in [0.1, 0.15) is 0 Å². The Labute approximate surface area is 183 Å². The van der Waals surface area contributed by atoms with Gasteiger partial charge in [-0.25, -0.2) is 9.67 Å². The highest BCUT2D eigenvalue weighted by Gasteiger charge is 2.20. The lowest BCUT2D eigenvalue weighted by molar-refractivity contribution is 0.101. The van der Waals surface area contributed by atoms with E-state index < -0.39 is 0 Å². The van der Waals surface area contributed by atoms with Crippen LogP contribution in [0.3, 0.4) is 0 Å². The molecule has 0 atom stereocenters. The summed E-state index contributed by atoms with van der Waals surface area (Å²) in [6.45, 7) is 6.03. The van der Waals surface area contributed by atoms with E-state index in [1.807, 2.05) is 74.5 Å². The quantitative estimate of drug-likeness (QED) is 0.413. The fraction of sp³-hybridized carbons (Fsp3) is 0.125. The molecule has 6 heteroatoms. The minimum Gasteiger partial charge on any atom is -0.319 e. The molecule has 0 bridgehead atoms. The molecule has 0 radical (unpaired) electrons. The van der Waals surface area contributed by atoms with Gasteiger partial charge in [0.05, 0.1) is 5.69 Å². The van der Waals surface area contributed by atoms with Gasteiger partial charge in [0.25, 0.3) is 5.91 Å². The SMILES string of the molecule is Cc1ccc(-n2nc(C(=O)Nc3ccccc3C)nc2-c2ccc(Br)cc2)c(C)c1. The lowest BCUT2D eigenvalue weighted by Crippen LogP contribution is -2.15. The number of carbonyl (C=O) groups excluding carboxylic acids is 1. The summed E-state index contributed by atoms with van der Waals surface area (Å²) in [5, 5.41) is 7.50. The third kappa shape index (κ3) is 4.04. The van der Waals surface area contributed by atoms with Gasteiger partial charge in [0.15, 0.2) is 5.82 Å². The lowest BCUT2D eigenvalue weighted by atomic mass is 10.1. The van der Waals surface area contributed by atoms with Gasteiger partial charge in [-0.05, 0) is 56.2 Å². The number of anilines is 1. The van der Waals surface area contributed by atoms with E-state index in [0.717, 1.165) is 32.5 Å². The number of benzene rings is 3. The predicted molar refractivity (Wildman–Crippen MR) is 123 cm³/mol. The molecule has 0 saturated carbocycles. The monoisotopic (exact) mass is 460 g/mol. The Morgan fingerprint density at radius 1 is 0.933 bits per heavy atom. The molecular weight excluding hydrogens is 440 g/mol. The molecule has 5 nitrogen and oxygen atoms in total. The highest BCUT2D eigenvalue weighted by molar-refractivity contribution is 9.10. The van der Waals surface area contributed by atoms with Crippen molar-refractivity contribution in [1.29, 1.82) is 0 Å². The topological polar surface area (TPSA) is 59.8 Å². The van der Waals surface area contributed by atoms with E-state index in [-0.39, 0.29) is 11.7 Å². The van der Waals surface area contributed by atoms with Gasteiger partial charge in [-0.1, -0.05) is 64.0 Å². The molecule has 3 aromatic carbocycles. The molecule has 1 amide bonds. The fourth-order valence-electron chi connectivity index (χ4n) is 3.30. The number of para-hydroxylation sites is 1. The molecule has 0 aliphatic rings. The van der Waals surface area contributed by atoms with Crippen LogP contribution in [0.5, 0.6) is 0 Å². The van der Waals surface area contributed by atoms with Crippen LogP contribution in [-0.2, 0) is 0 Å². The number of carbonyl (C=O) groups is 1. The lowest BCUT2D eigenvalue weighted by Gasteiger charge is -2.10. The van der Waals surface area contributed by atoms with Crippen molar-refractivity contribution >= 4 is 27.5 Å². The summed E-state index contributed by atoms with van der Waals surface area (Å²) in [4.78, 5) is 17.5. The molecule has 150 valence electrons. The Morgan fingerprint density at radius 3 is 2.37 bits per heavy atom. The summed E-state index contributed by atoms with van der Waals surface area (Å²) in [5.74, 6) is 0.395. The van der Waals surface area contributed by atoms with Gasteiger partial charge in [-0.15, -0.1) is 5.10 Å². The van der Waals surface area contributed by atoms with Crippen LogP contribution >= 0.6 is 15.9 Å². The molecule has 0 saturated heterocycles. The molecule has 0 fully saturated rings. The molecular formula is C24H21BrN4O. The second-order valence-corrected chi connectivity index (χ2v) is 8.15. The van der Waals surface area contributed by atoms with Crippen LogP contribution in [0.15, 0.2) is 71.2 Å². The summed E-state index contributed by atoms with van der Waals surface area (Å²) < 4.78 is 2.71. The van der Waals surface area contributed by atoms with Crippen molar-refractivity contribution < 1.29 is 4.79 Å². The van der Waals surface area contributed by atoms with E-state index in [0.29, 0.717) is 5.82 Å². The minimum atomic E-state index is -0.342. The Balaban J connectivity index is 1.80. The summed E-state index contributed by atoms with van der Waals surface area (Å²) in [6.07, 6.45) is 0. The summed E-state index contributed by atoms with van der Waals surface area (Å²) in [6, 6.07) is 21.6.